The largest absolute Gasteiger partial charge is 0.478 e. The maximum Gasteiger partial charge on any atom is 0.331 e. The summed E-state index contributed by atoms with van der Waals surface area (Å²) in [4.78, 5) is 22.0. The monoisotopic (exact) mass is 296 g/mol. The van der Waals surface area contributed by atoms with Crippen LogP contribution in [0.3, 0.4) is 0 Å². The minimum Gasteiger partial charge on any atom is -0.478 e. The number of hydrogen-bond donors (Lipinski definition) is 2. The van der Waals surface area contributed by atoms with Crippen molar-refractivity contribution in [2.24, 2.45) is 0 Å². The molecule has 0 spiro atoms. The van der Waals surface area contributed by atoms with Gasteiger partial charge in [-0.3, -0.25) is 0 Å². The van der Waals surface area contributed by atoms with Crippen LogP contribution in [0.4, 0.5) is 0 Å². The lowest BCUT2D eigenvalue weighted by Gasteiger charge is -2.12. The number of carboxylic acids is 2. The van der Waals surface area contributed by atoms with Crippen LogP contribution in [0.25, 0.3) is 10.8 Å². The molecule has 2 aromatic carbocycles. The Morgan fingerprint density at radius 1 is 0.818 bits per heavy atom. The zero-order valence-electron chi connectivity index (χ0n) is 12.0. The molecule has 2 N–H and O–H groups in total. The van der Waals surface area contributed by atoms with E-state index in [1.54, 1.807) is 0 Å². The molecule has 2 rings (SSSR count). The summed E-state index contributed by atoms with van der Waals surface area (Å²) in [5.41, 5.74) is 1.83. The molecule has 22 heavy (non-hydrogen) atoms. The van der Waals surface area contributed by atoms with Gasteiger partial charge >= 0.3 is 11.9 Å². The molecule has 0 radical (unpaired) electrons. The van der Waals surface area contributed by atoms with E-state index in [4.69, 9.17) is 10.2 Å². The van der Waals surface area contributed by atoms with Gasteiger partial charge in [0.1, 0.15) is 0 Å². The minimum atomic E-state index is -1.04. The van der Waals surface area contributed by atoms with E-state index in [9.17, 15) is 9.59 Å². The minimum absolute atomic E-state index is 0.0966. The van der Waals surface area contributed by atoms with Gasteiger partial charge in [-0.15, -0.1) is 0 Å². The van der Waals surface area contributed by atoms with E-state index >= 15 is 0 Å². The first kappa shape index (κ1) is 15.5. The van der Waals surface area contributed by atoms with Crippen LogP contribution in [0.5, 0.6) is 0 Å². The van der Waals surface area contributed by atoms with Crippen molar-refractivity contribution < 1.29 is 19.8 Å². The predicted octanol–water partition coefficient (Wildman–Crippen LogP) is 3.21. The molecule has 0 heterocycles. The molecule has 0 saturated heterocycles. The molecule has 0 amide bonds. The van der Waals surface area contributed by atoms with E-state index in [1.807, 2.05) is 36.4 Å². The van der Waals surface area contributed by atoms with Gasteiger partial charge < -0.3 is 10.2 Å². The van der Waals surface area contributed by atoms with Crippen molar-refractivity contribution in [1.29, 1.82) is 0 Å². The van der Waals surface area contributed by atoms with E-state index in [1.165, 1.54) is 0 Å². The second-order valence-electron chi connectivity index (χ2n) is 5.10. The zero-order valence-corrected chi connectivity index (χ0v) is 12.0. The highest BCUT2D eigenvalue weighted by molar-refractivity contribution is 5.93. The van der Waals surface area contributed by atoms with E-state index < -0.39 is 11.9 Å². The molecule has 0 bridgehead atoms. The number of hydrogen-bond acceptors (Lipinski definition) is 2. The molecule has 112 valence electrons. The van der Waals surface area contributed by atoms with Crippen LogP contribution in [0, 0.1) is 0 Å². The van der Waals surface area contributed by atoms with Crippen LogP contribution in [-0.4, -0.2) is 22.2 Å². The lowest BCUT2D eigenvalue weighted by Crippen LogP contribution is -2.05. The Kier molecular flexibility index (Phi) is 4.41. The number of benzene rings is 2. The summed E-state index contributed by atoms with van der Waals surface area (Å²) in [7, 11) is 0. The Bertz CT molecular complexity index is 724. The summed E-state index contributed by atoms with van der Waals surface area (Å²) in [6.07, 6.45) is 0.423. The molecule has 0 atom stereocenters. The van der Waals surface area contributed by atoms with Crippen molar-refractivity contribution in [2.75, 3.05) is 0 Å². The standard InChI is InChI=1S/C18H16O4/c1-11(17(19)20)9-14-7-3-5-13-6-4-8-15(16(13)14)10-12(2)18(21)22/h3-8H,1-2,9-10H2,(H,19,20)(H,21,22). The molecule has 0 aliphatic heterocycles. The molecule has 0 fully saturated rings. The summed E-state index contributed by atoms with van der Waals surface area (Å²) in [6, 6.07) is 11.2. The van der Waals surface area contributed by atoms with Gasteiger partial charge in [0.15, 0.2) is 0 Å². The van der Waals surface area contributed by atoms with Gasteiger partial charge in [-0.25, -0.2) is 9.59 Å². The number of aliphatic carboxylic acids is 2. The van der Waals surface area contributed by atoms with Crippen molar-refractivity contribution in [3.63, 3.8) is 0 Å². The van der Waals surface area contributed by atoms with Crippen LogP contribution in [0.15, 0.2) is 60.7 Å². The zero-order chi connectivity index (χ0) is 16.3. The van der Waals surface area contributed by atoms with Crippen molar-refractivity contribution in [3.8, 4) is 0 Å². The molecule has 2 aromatic rings. The van der Waals surface area contributed by atoms with E-state index in [0.717, 1.165) is 21.9 Å². The van der Waals surface area contributed by atoms with Gasteiger partial charge in [-0.05, 0) is 21.9 Å². The third-order valence-electron chi connectivity index (χ3n) is 3.49. The Hall–Kier alpha value is -2.88. The average molecular weight is 296 g/mol. The molecular weight excluding hydrogens is 280 g/mol. The quantitative estimate of drug-likeness (QED) is 0.803. The number of carbonyl (C=O) groups is 2. The van der Waals surface area contributed by atoms with Crippen molar-refractivity contribution in [2.45, 2.75) is 12.8 Å². The van der Waals surface area contributed by atoms with Crippen LogP contribution < -0.4 is 0 Å². The molecule has 0 aliphatic carbocycles. The Morgan fingerprint density at radius 3 is 1.59 bits per heavy atom. The first-order valence-corrected chi connectivity index (χ1v) is 6.71. The topological polar surface area (TPSA) is 74.6 Å². The smallest absolute Gasteiger partial charge is 0.331 e. The van der Waals surface area contributed by atoms with Gasteiger partial charge in [0.05, 0.1) is 0 Å². The number of fused-ring (bicyclic) bond motifs is 1. The molecule has 0 saturated carbocycles. The van der Waals surface area contributed by atoms with Crippen molar-refractivity contribution in [1.82, 2.24) is 0 Å². The van der Waals surface area contributed by atoms with Crippen LogP contribution in [0.2, 0.25) is 0 Å². The maximum absolute atomic E-state index is 11.0. The SMILES string of the molecule is C=C(Cc1cccc2cccc(CC(=C)C(=O)O)c12)C(=O)O. The van der Waals surface area contributed by atoms with Crippen molar-refractivity contribution in [3.05, 3.63) is 71.8 Å². The molecule has 0 aliphatic rings. The number of rotatable bonds is 6. The maximum atomic E-state index is 11.0. The second-order valence-corrected chi connectivity index (χ2v) is 5.10. The third kappa shape index (κ3) is 3.23. The van der Waals surface area contributed by atoms with Gasteiger partial charge in [0, 0.05) is 24.0 Å². The van der Waals surface area contributed by atoms with Crippen LogP contribution in [0.1, 0.15) is 11.1 Å². The van der Waals surface area contributed by atoms with Gasteiger partial charge in [0.25, 0.3) is 0 Å². The Labute approximate surface area is 128 Å². The average Bonchev–Trinajstić information content (AvgIpc) is 2.47. The lowest BCUT2D eigenvalue weighted by molar-refractivity contribution is -0.133. The van der Waals surface area contributed by atoms with E-state index in [-0.39, 0.29) is 24.0 Å². The summed E-state index contributed by atoms with van der Waals surface area (Å²) in [5.74, 6) is -2.08. The molecule has 4 nitrogen and oxygen atoms in total. The fourth-order valence-corrected chi connectivity index (χ4v) is 2.41. The molecule has 4 heteroatoms. The van der Waals surface area contributed by atoms with Gasteiger partial charge in [-0.2, -0.15) is 0 Å². The summed E-state index contributed by atoms with van der Waals surface area (Å²) in [6.45, 7) is 7.13. The molecular formula is C18H16O4. The summed E-state index contributed by atoms with van der Waals surface area (Å²) in [5, 5.41) is 19.8. The second kappa shape index (κ2) is 6.26. The Morgan fingerprint density at radius 2 is 1.23 bits per heavy atom. The first-order valence-electron chi connectivity index (χ1n) is 6.71. The highest BCUT2D eigenvalue weighted by Gasteiger charge is 2.13. The predicted molar refractivity (Wildman–Crippen MR) is 84.9 cm³/mol. The highest BCUT2D eigenvalue weighted by atomic mass is 16.4. The summed E-state index contributed by atoms with van der Waals surface area (Å²) >= 11 is 0. The van der Waals surface area contributed by atoms with E-state index in [2.05, 4.69) is 13.2 Å². The fourth-order valence-electron chi connectivity index (χ4n) is 2.41. The Balaban J connectivity index is 2.53. The molecule has 0 unspecified atom stereocenters. The van der Waals surface area contributed by atoms with Crippen LogP contribution in [-0.2, 0) is 22.4 Å². The normalized spacial score (nSPS) is 10.4. The third-order valence-corrected chi connectivity index (χ3v) is 3.49. The van der Waals surface area contributed by atoms with Crippen LogP contribution >= 0.6 is 0 Å². The lowest BCUT2D eigenvalue weighted by atomic mass is 9.92. The highest BCUT2D eigenvalue weighted by Crippen LogP contribution is 2.26. The first-order chi connectivity index (χ1) is 10.4. The van der Waals surface area contributed by atoms with Gasteiger partial charge in [0.2, 0.25) is 0 Å². The van der Waals surface area contributed by atoms with Gasteiger partial charge in [-0.1, -0.05) is 49.6 Å². The van der Waals surface area contributed by atoms with Crippen molar-refractivity contribution >= 4 is 22.7 Å². The number of carboxylic acid groups (broad SMARTS) is 2. The fraction of sp³-hybridized carbons (Fsp3) is 0.111. The summed E-state index contributed by atoms with van der Waals surface area (Å²) < 4.78 is 0. The molecule has 0 aromatic heterocycles. The van der Waals surface area contributed by atoms with E-state index in [0.29, 0.717) is 0 Å².